The minimum absolute atomic E-state index is 0.102. The summed E-state index contributed by atoms with van der Waals surface area (Å²) in [7, 11) is 1.28. The van der Waals surface area contributed by atoms with Crippen LogP contribution in [0.15, 0.2) is 33.2 Å². The third kappa shape index (κ3) is 3.81. The Balaban J connectivity index is 2.28. The number of carbonyl (C=O) groups excluding carboxylic acids is 2. The Hall–Kier alpha value is -3.19. The average Bonchev–Trinajstić information content (AvgIpc) is 2.69. The number of methoxy groups -OCH3 is 1. The van der Waals surface area contributed by atoms with Gasteiger partial charge in [0.05, 0.1) is 12.7 Å². The number of ether oxygens (including phenoxy) is 1. The summed E-state index contributed by atoms with van der Waals surface area (Å²) in [5, 5.41) is 22.0. The first-order valence-electron chi connectivity index (χ1n) is 10.1. The Morgan fingerprint density at radius 1 is 1.29 bits per heavy atom. The van der Waals surface area contributed by atoms with E-state index in [1.807, 2.05) is 13.0 Å². The lowest BCUT2D eigenvalue weighted by Gasteiger charge is -2.31. The van der Waals surface area contributed by atoms with Gasteiger partial charge in [0.15, 0.2) is 5.60 Å². The Kier molecular flexibility index (Phi) is 5.91. The lowest BCUT2D eigenvalue weighted by atomic mass is 9.79. The minimum atomic E-state index is -2.26. The van der Waals surface area contributed by atoms with Crippen molar-refractivity contribution in [1.82, 2.24) is 0 Å². The first-order chi connectivity index (χ1) is 14.5. The maximum absolute atomic E-state index is 13.1. The van der Waals surface area contributed by atoms with Gasteiger partial charge in [-0.1, -0.05) is 26.3 Å². The highest BCUT2D eigenvalue weighted by Gasteiger charge is 2.47. The lowest BCUT2D eigenvalue weighted by Crippen LogP contribution is -2.45. The molecule has 164 valence electrons. The molecule has 0 saturated carbocycles. The van der Waals surface area contributed by atoms with Gasteiger partial charge in [0.2, 0.25) is 5.78 Å². The van der Waals surface area contributed by atoms with Gasteiger partial charge in [-0.2, -0.15) is 0 Å². The molecule has 7 heteroatoms. The van der Waals surface area contributed by atoms with Gasteiger partial charge >= 0.3 is 5.63 Å². The predicted molar refractivity (Wildman–Crippen MR) is 117 cm³/mol. The Morgan fingerprint density at radius 2 is 1.97 bits per heavy atom. The molecule has 7 nitrogen and oxygen atoms in total. The van der Waals surface area contributed by atoms with Crippen LogP contribution in [0.2, 0.25) is 0 Å². The van der Waals surface area contributed by atoms with Gasteiger partial charge < -0.3 is 19.4 Å². The van der Waals surface area contributed by atoms with Gasteiger partial charge in [0.25, 0.3) is 0 Å². The van der Waals surface area contributed by atoms with E-state index in [4.69, 9.17) is 9.15 Å². The van der Waals surface area contributed by atoms with E-state index >= 15 is 0 Å². The smallest absolute Gasteiger partial charge is 0.347 e. The van der Waals surface area contributed by atoms with Crippen LogP contribution in [0.1, 0.15) is 62.2 Å². The van der Waals surface area contributed by atoms with Crippen LogP contribution in [0.25, 0.3) is 22.4 Å². The molecule has 0 fully saturated rings. The monoisotopic (exact) mass is 426 g/mol. The number of fused-ring (bicyclic) bond motifs is 2. The molecule has 1 aromatic carbocycles. The van der Waals surface area contributed by atoms with Crippen LogP contribution < -0.4 is 5.63 Å². The maximum atomic E-state index is 13.1. The van der Waals surface area contributed by atoms with E-state index in [1.165, 1.54) is 20.1 Å². The van der Waals surface area contributed by atoms with Crippen molar-refractivity contribution in [3.8, 4) is 5.75 Å². The van der Waals surface area contributed by atoms with E-state index in [0.717, 1.165) is 12.0 Å². The molecule has 3 rings (SSSR count). The number of aromatic hydroxyl groups is 1. The number of ketones is 2. The summed E-state index contributed by atoms with van der Waals surface area (Å²) in [4.78, 5) is 37.5. The Morgan fingerprint density at radius 3 is 2.55 bits per heavy atom. The molecule has 1 heterocycles. The summed E-state index contributed by atoms with van der Waals surface area (Å²) < 4.78 is 10.6. The van der Waals surface area contributed by atoms with Crippen LogP contribution >= 0.6 is 0 Å². The average molecular weight is 426 g/mol. The highest BCUT2D eigenvalue weighted by molar-refractivity contribution is 6.16. The predicted octanol–water partition coefficient (Wildman–Crippen LogP) is 3.84. The molecule has 1 aliphatic rings. The first kappa shape index (κ1) is 22.5. The third-order valence-electron chi connectivity index (χ3n) is 5.64. The molecule has 1 aliphatic carbocycles. The van der Waals surface area contributed by atoms with E-state index in [1.54, 1.807) is 12.1 Å². The second-order valence-corrected chi connectivity index (χ2v) is 8.07. The summed E-state index contributed by atoms with van der Waals surface area (Å²) >= 11 is 0. The lowest BCUT2D eigenvalue weighted by molar-refractivity contribution is -0.120. The molecule has 2 atom stereocenters. The van der Waals surface area contributed by atoms with Gasteiger partial charge in [-0.15, -0.1) is 0 Å². The molecule has 31 heavy (non-hydrogen) atoms. The molecular formula is C24H26O7. The van der Waals surface area contributed by atoms with Crippen molar-refractivity contribution in [3.05, 3.63) is 51.3 Å². The molecular weight excluding hydrogens is 400 g/mol. The van der Waals surface area contributed by atoms with Gasteiger partial charge in [0, 0.05) is 6.42 Å². The van der Waals surface area contributed by atoms with Gasteiger partial charge in [0.1, 0.15) is 28.4 Å². The van der Waals surface area contributed by atoms with Gasteiger partial charge in [-0.3, -0.25) is 9.59 Å². The standard InChI is InChI=1S/C24H26O7/c1-6-12(2)7-13(3)17-9-15-8-16-10-18(30-5)24(29,11-14(4)25)22(27)19(16)21(26)20(15)23(28)31-17/h7-10,12,26,29H,6,11H2,1-5H3. The third-order valence-corrected chi connectivity index (χ3v) is 5.64. The fourth-order valence-corrected chi connectivity index (χ4v) is 3.87. The van der Waals surface area contributed by atoms with Crippen molar-refractivity contribution in [2.24, 2.45) is 5.92 Å². The van der Waals surface area contributed by atoms with E-state index < -0.39 is 35.0 Å². The number of phenolic OH excluding ortho intramolecular Hbond substituents is 1. The number of Topliss-reactive ketones (excluding diaryl/α,β-unsaturated/α-hetero) is 2. The molecule has 0 saturated heterocycles. The molecule has 2 unspecified atom stereocenters. The van der Waals surface area contributed by atoms with Crippen LogP contribution in [0.4, 0.5) is 0 Å². The summed E-state index contributed by atoms with van der Waals surface area (Å²) in [5.41, 5.74) is -2.24. The second kappa shape index (κ2) is 8.15. The Labute approximate surface area is 179 Å². The number of phenols is 1. The first-order valence-corrected chi connectivity index (χ1v) is 10.1. The quantitative estimate of drug-likeness (QED) is 0.721. The fourth-order valence-electron chi connectivity index (χ4n) is 3.87. The highest BCUT2D eigenvalue weighted by Crippen LogP contribution is 2.41. The van der Waals surface area contributed by atoms with Crippen molar-refractivity contribution in [1.29, 1.82) is 0 Å². The largest absolute Gasteiger partial charge is 0.506 e. The number of carbonyl (C=O) groups is 2. The number of allylic oxidation sites excluding steroid dienone is 2. The summed E-state index contributed by atoms with van der Waals surface area (Å²) in [5.74, 6) is -1.38. The number of benzene rings is 1. The molecule has 2 N–H and O–H groups in total. The van der Waals surface area contributed by atoms with E-state index in [9.17, 15) is 24.6 Å². The second-order valence-electron chi connectivity index (χ2n) is 8.07. The van der Waals surface area contributed by atoms with Crippen molar-refractivity contribution in [2.75, 3.05) is 7.11 Å². The summed E-state index contributed by atoms with van der Waals surface area (Å²) in [6.45, 7) is 7.18. The van der Waals surface area contributed by atoms with Gasteiger partial charge in [-0.25, -0.2) is 4.79 Å². The number of aliphatic hydroxyl groups is 1. The van der Waals surface area contributed by atoms with E-state index in [-0.39, 0.29) is 22.3 Å². The van der Waals surface area contributed by atoms with Crippen molar-refractivity contribution in [2.45, 2.75) is 46.1 Å². The van der Waals surface area contributed by atoms with Crippen LogP contribution in [-0.4, -0.2) is 34.5 Å². The number of rotatable bonds is 6. The maximum Gasteiger partial charge on any atom is 0.347 e. The molecule has 0 radical (unpaired) electrons. The molecule has 0 spiro atoms. The molecule has 0 bridgehead atoms. The summed E-state index contributed by atoms with van der Waals surface area (Å²) in [6, 6.07) is 3.19. The van der Waals surface area contributed by atoms with Crippen molar-refractivity contribution < 1.29 is 29.0 Å². The summed E-state index contributed by atoms with van der Waals surface area (Å²) in [6.07, 6.45) is 3.81. The highest BCUT2D eigenvalue weighted by atomic mass is 16.5. The minimum Gasteiger partial charge on any atom is -0.506 e. The fraction of sp³-hybridized carbons (Fsp3) is 0.375. The van der Waals surface area contributed by atoms with Crippen LogP contribution in [0, 0.1) is 5.92 Å². The molecule has 1 aromatic heterocycles. The van der Waals surface area contributed by atoms with Crippen molar-refractivity contribution in [3.63, 3.8) is 0 Å². The SMILES string of the molecule is CCC(C)C=C(C)c1cc2cc3c(c(O)c2c(=O)o1)C(=O)C(O)(CC(C)=O)C(OC)=C3. The molecule has 2 aromatic rings. The topological polar surface area (TPSA) is 114 Å². The number of hydrogen-bond acceptors (Lipinski definition) is 7. The zero-order valence-electron chi connectivity index (χ0n) is 18.2. The molecule has 0 amide bonds. The van der Waals surface area contributed by atoms with Crippen LogP contribution in [0.5, 0.6) is 5.75 Å². The van der Waals surface area contributed by atoms with Gasteiger partial charge in [-0.05, 0) is 54.5 Å². The number of hydrogen-bond donors (Lipinski definition) is 2. The Bertz CT molecular complexity index is 1200. The van der Waals surface area contributed by atoms with E-state index in [2.05, 4.69) is 13.8 Å². The van der Waals surface area contributed by atoms with Crippen molar-refractivity contribution >= 4 is 34.0 Å². The zero-order valence-corrected chi connectivity index (χ0v) is 18.2. The van der Waals surface area contributed by atoms with Crippen LogP contribution in [0.3, 0.4) is 0 Å². The van der Waals surface area contributed by atoms with Crippen LogP contribution in [-0.2, 0) is 9.53 Å². The molecule has 0 aliphatic heterocycles. The zero-order chi connectivity index (χ0) is 23.1. The normalized spacial score (nSPS) is 19.7. The van der Waals surface area contributed by atoms with E-state index in [0.29, 0.717) is 17.1 Å².